The fraction of sp³-hybridized carbons (Fsp3) is 0.462. The van der Waals surface area contributed by atoms with Crippen LogP contribution in [0.15, 0.2) is 18.2 Å². The molecular formula is C13H16N2O3. The lowest BCUT2D eigenvalue weighted by Crippen LogP contribution is -2.62. The van der Waals surface area contributed by atoms with Crippen molar-refractivity contribution in [1.82, 2.24) is 5.32 Å². The minimum atomic E-state index is -0.550. The molecule has 1 fully saturated rings. The third kappa shape index (κ3) is 1.58. The quantitative estimate of drug-likeness (QED) is 0.809. The van der Waals surface area contributed by atoms with Crippen molar-refractivity contribution in [2.75, 3.05) is 24.8 Å². The molecule has 96 valence electrons. The van der Waals surface area contributed by atoms with Gasteiger partial charge >= 0.3 is 0 Å². The maximum Gasteiger partial charge on any atom is 0.245 e. The molecule has 0 aliphatic carbocycles. The molecule has 2 aliphatic rings. The van der Waals surface area contributed by atoms with Crippen LogP contribution in [0.3, 0.4) is 0 Å². The number of piperazine rings is 1. The second kappa shape index (κ2) is 3.80. The molecule has 3 rings (SSSR count). The van der Waals surface area contributed by atoms with Crippen molar-refractivity contribution >= 4 is 11.6 Å². The van der Waals surface area contributed by atoms with Crippen LogP contribution in [0.25, 0.3) is 0 Å². The van der Waals surface area contributed by atoms with Gasteiger partial charge in [-0.25, -0.2) is 0 Å². The van der Waals surface area contributed by atoms with E-state index < -0.39 is 5.54 Å². The smallest absolute Gasteiger partial charge is 0.245 e. The summed E-state index contributed by atoms with van der Waals surface area (Å²) in [6.45, 7) is 5.57. The number of anilines is 1. The van der Waals surface area contributed by atoms with Crippen LogP contribution in [-0.2, 0) is 4.79 Å². The van der Waals surface area contributed by atoms with Crippen molar-refractivity contribution in [2.24, 2.45) is 0 Å². The molecule has 5 nitrogen and oxygen atoms in total. The zero-order valence-corrected chi connectivity index (χ0v) is 10.5. The second-order valence-electron chi connectivity index (χ2n) is 5.00. The number of hydrogen-bond acceptors (Lipinski definition) is 4. The van der Waals surface area contributed by atoms with E-state index in [1.165, 1.54) is 0 Å². The predicted octanol–water partition coefficient (Wildman–Crippen LogP) is 1.13. The summed E-state index contributed by atoms with van der Waals surface area (Å²) in [5.74, 6) is 1.55. The van der Waals surface area contributed by atoms with Gasteiger partial charge in [-0.05, 0) is 26.0 Å². The van der Waals surface area contributed by atoms with Crippen molar-refractivity contribution in [2.45, 2.75) is 19.4 Å². The highest BCUT2D eigenvalue weighted by atomic mass is 16.7. The number of amides is 1. The predicted molar refractivity (Wildman–Crippen MR) is 67.0 cm³/mol. The van der Waals surface area contributed by atoms with Gasteiger partial charge in [0.25, 0.3) is 0 Å². The van der Waals surface area contributed by atoms with Gasteiger partial charge in [-0.2, -0.15) is 0 Å². The fourth-order valence-electron chi connectivity index (χ4n) is 2.40. The first-order valence-corrected chi connectivity index (χ1v) is 6.04. The summed E-state index contributed by atoms with van der Waals surface area (Å²) in [4.78, 5) is 14.0. The highest BCUT2D eigenvalue weighted by Gasteiger charge is 2.38. The molecule has 0 bridgehead atoms. The van der Waals surface area contributed by atoms with E-state index in [4.69, 9.17) is 9.47 Å². The number of carbonyl (C=O) groups is 1. The van der Waals surface area contributed by atoms with Gasteiger partial charge in [0.2, 0.25) is 12.7 Å². The summed E-state index contributed by atoms with van der Waals surface area (Å²) in [6, 6.07) is 5.79. The number of benzene rings is 1. The van der Waals surface area contributed by atoms with Crippen LogP contribution >= 0.6 is 0 Å². The highest BCUT2D eigenvalue weighted by Crippen LogP contribution is 2.37. The Bertz CT molecular complexity index is 499. The Morgan fingerprint density at radius 3 is 2.89 bits per heavy atom. The van der Waals surface area contributed by atoms with Crippen LogP contribution in [0, 0.1) is 0 Å². The number of rotatable bonds is 1. The van der Waals surface area contributed by atoms with Crippen LogP contribution in [0.5, 0.6) is 11.5 Å². The fourth-order valence-corrected chi connectivity index (χ4v) is 2.40. The number of fused-ring (bicyclic) bond motifs is 1. The molecule has 0 saturated carbocycles. The van der Waals surface area contributed by atoms with Gasteiger partial charge in [-0.1, -0.05) is 0 Å². The maximum atomic E-state index is 11.9. The van der Waals surface area contributed by atoms with Gasteiger partial charge in [-0.15, -0.1) is 0 Å². The average Bonchev–Trinajstić information content (AvgIpc) is 2.79. The van der Waals surface area contributed by atoms with Gasteiger partial charge in [0.1, 0.15) is 5.54 Å². The number of nitrogens with one attached hydrogen (secondary N) is 1. The Labute approximate surface area is 106 Å². The molecule has 0 radical (unpaired) electrons. The summed E-state index contributed by atoms with van der Waals surface area (Å²) in [5.41, 5.74) is 0.436. The highest BCUT2D eigenvalue weighted by molar-refractivity contribution is 5.90. The monoisotopic (exact) mass is 248 g/mol. The third-order valence-electron chi connectivity index (χ3n) is 3.52. The van der Waals surface area contributed by atoms with Crippen LogP contribution < -0.4 is 19.7 Å². The van der Waals surface area contributed by atoms with Gasteiger partial charge in [-0.3, -0.25) is 4.79 Å². The first-order valence-electron chi connectivity index (χ1n) is 6.04. The van der Waals surface area contributed by atoms with E-state index in [0.717, 1.165) is 23.7 Å². The molecule has 0 spiro atoms. The molecule has 0 unspecified atom stereocenters. The van der Waals surface area contributed by atoms with Crippen LogP contribution in [0.1, 0.15) is 13.8 Å². The summed E-state index contributed by atoms with van der Waals surface area (Å²) in [5, 5.41) is 2.89. The molecular weight excluding hydrogens is 232 g/mol. The number of hydrogen-bond donors (Lipinski definition) is 1. The Kier molecular flexibility index (Phi) is 2.36. The lowest BCUT2D eigenvalue weighted by Gasteiger charge is -2.42. The number of ether oxygens (including phenoxy) is 2. The maximum absolute atomic E-state index is 11.9. The Morgan fingerprint density at radius 1 is 1.28 bits per heavy atom. The third-order valence-corrected chi connectivity index (χ3v) is 3.52. The van der Waals surface area contributed by atoms with Gasteiger partial charge in [0, 0.05) is 24.8 Å². The van der Waals surface area contributed by atoms with Crippen molar-refractivity contribution in [3.63, 3.8) is 0 Å². The Morgan fingerprint density at radius 2 is 2.06 bits per heavy atom. The number of nitrogens with zero attached hydrogens (tertiary/aromatic N) is 1. The van der Waals surface area contributed by atoms with E-state index in [2.05, 4.69) is 10.2 Å². The summed E-state index contributed by atoms with van der Waals surface area (Å²) in [7, 11) is 0. The van der Waals surface area contributed by atoms with Crippen molar-refractivity contribution in [3.8, 4) is 11.5 Å². The van der Waals surface area contributed by atoms with Crippen LogP contribution in [0.2, 0.25) is 0 Å². The van der Waals surface area contributed by atoms with Gasteiger partial charge in [0.15, 0.2) is 11.5 Å². The molecule has 1 N–H and O–H groups in total. The second-order valence-corrected chi connectivity index (χ2v) is 5.00. The zero-order chi connectivity index (χ0) is 12.8. The molecule has 2 heterocycles. The van der Waals surface area contributed by atoms with Gasteiger partial charge in [0.05, 0.1) is 0 Å². The Balaban J connectivity index is 1.96. The summed E-state index contributed by atoms with van der Waals surface area (Å²) < 4.78 is 10.7. The molecule has 1 saturated heterocycles. The van der Waals surface area contributed by atoms with E-state index in [9.17, 15) is 4.79 Å². The van der Waals surface area contributed by atoms with E-state index in [0.29, 0.717) is 6.54 Å². The van der Waals surface area contributed by atoms with Gasteiger partial charge < -0.3 is 19.7 Å². The van der Waals surface area contributed by atoms with E-state index in [1.54, 1.807) is 0 Å². The van der Waals surface area contributed by atoms with E-state index in [-0.39, 0.29) is 12.7 Å². The standard InChI is InChI=1S/C13H16N2O3/c1-13(2)12(16)14-5-6-15(13)9-3-4-10-11(7-9)18-8-17-10/h3-4,7H,5-6,8H2,1-2H3,(H,14,16). The molecule has 0 atom stereocenters. The average molecular weight is 248 g/mol. The number of carbonyl (C=O) groups excluding carboxylic acids is 1. The zero-order valence-electron chi connectivity index (χ0n) is 10.5. The molecule has 5 heteroatoms. The van der Waals surface area contributed by atoms with E-state index >= 15 is 0 Å². The summed E-state index contributed by atoms with van der Waals surface area (Å²) >= 11 is 0. The molecule has 1 aromatic rings. The normalized spacial score (nSPS) is 20.8. The minimum Gasteiger partial charge on any atom is -0.454 e. The molecule has 0 aromatic heterocycles. The van der Waals surface area contributed by atoms with Crippen LogP contribution in [-0.4, -0.2) is 31.3 Å². The lowest BCUT2D eigenvalue weighted by atomic mass is 9.98. The molecule has 2 aliphatic heterocycles. The molecule has 1 aromatic carbocycles. The SMILES string of the molecule is CC1(C)C(=O)NCCN1c1ccc2c(c1)OCO2. The van der Waals surface area contributed by atoms with Crippen molar-refractivity contribution < 1.29 is 14.3 Å². The Hall–Kier alpha value is -1.91. The van der Waals surface area contributed by atoms with Crippen LogP contribution in [0.4, 0.5) is 5.69 Å². The molecule has 18 heavy (non-hydrogen) atoms. The minimum absolute atomic E-state index is 0.0476. The molecule has 1 amide bonds. The van der Waals surface area contributed by atoms with E-state index in [1.807, 2.05) is 32.0 Å². The summed E-state index contributed by atoms with van der Waals surface area (Å²) in [6.07, 6.45) is 0. The topological polar surface area (TPSA) is 50.8 Å². The lowest BCUT2D eigenvalue weighted by molar-refractivity contribution is -0.126. The van der Waals surface area contributed by atoms with Crippen molar-refractivity contribution in [3.05, 3.63) is 18.2 Å². The first kappa shape index (κ1) is 11.2. The largest absolute Gasteiger partial charge is 0.454 e. The van der Waals surface area contributed by atoms with Crippen molar-refractivity contribution in [1.29, 1.82) is 0 Å². The first-order chi connectivity index (χ1) is 8.59.